The van der Waals surface area contributed by atoms with Gasteiger partial charge in [0.05, 0.1) is 13.7 Å². The van der Waals surface area contributed by atoms with E-state index < -0.39 is 0 Å². The van der Waals surface area contributed by atoms with Gasteiger partial charge in [-0.2, -0.15) is 0 Å². The molecule has 0 spiro atoms. The first-order chi connectivity index (χ1) is 8.77. The highest BCUT2D eigenvalue weighted by atomic mass is 79.9. The summed E-state index contributed by atoms with van der Waals surface area (Å²) in [6, 6.07) is 5.97. The van der Waals surface area contributed by atoms with Crippen LogP contribution in [0.15, 0.2) is 22.7 Å². The molecule has 18 heavy (non-hydrogen) atoms. The number of nitrogens with one attached hydrogen (secondary N) is 1. The first-order valence-corrected chi connectivity index (χ1v) is 7.27. The molecule has 0 saturated carbocycles. The van der Waals surface area contributed by atoms with Gasteiger partial charge < -0.3 is 14.8 Å². The molecule has 0 fully saturated rings. The molecule has 5 heteroatoms. The molecule has 0 aliphatic heterocycles. The summed E-state index contributed by atoms with van der Waals surface area (Å²) in [6.07, 6.45) is 0.985. The molecule has 0 amide bonds. The van der Waals surface area contributed by atoms with Gasteiger partial charge in [-0.3, -0.25) is 0 Å². The summed E-state index contributed by atoms with van der Waals surface area (Å²) < 4.78 is 11.6. The van der Waals surface area contributed by atoms with Crippen LogP contribution in [0.25, 0.3) is 0 Å². The van der Waals surface area contributed by atoms with Gasteiger partial charge in [-0.15, -0.1) is 11.6 Å². The maximum absolute atomic E-state index is 5.51. The Morgan fingerprint density at radius 2 is 2.17 bits per heavy atom. The predicted octanol–water partition coefficient (Wildman–Crippen LogP) is 3.19. The smallest absolute Gasteiger partial charge is 0.119 e. The first kappa shape index (κ1) is 15.8. The summed E-state index contributed by atoms with van der Waals surface area (Å²) in [7, 11) is 1.68. The normalized spacial score (nSPS) is 10.6. The Balaban J connectivity index is 2.22. The van der Waals surface area contributed by atoms with Gasteiger partial charge in [-0.1, -0.05) is 15.9 Å². The minimum Gasteiger partial charge on any atom is -0.497 e. The van der Waals surface area contributed by atoms with Crippen LogP contribution in [0.1, 0.15) is 12.0 Å². The Hall–Kier alpha value is -0.290. The summed E-state index contributed by atoms with van der Waals surface area (Å²) in [5.74, 6) is 1.44. The maximum Gasteiger partial charge on any atom is 0.119 e. The third-order valence-corrected chi connectivity index (χ3v) is 3.36. The lowest BCUT2D eigenvalue weighted by Crippen LogP contribution is -2.17. The number of benzene rings is 1. The van der Waals surface area contributed by atoms with Crippen molar-refractivity contribution in [2.45, 2.75) is 13.0 Å². The van der Waals surface area contributed by atoms with E-state index in [0.29, 0.717) is 12.5 Å². The SMILES string of the molecule is COc1ccc(Br)c(CNCCCOCCCl)c1. The van der Waals surface area contributed by atoms with Crippen LogP contribution in [-0.4, -0.2) is 32.7 Å². The van der Waals surface area contributed by atoms with Gasteiger partial charge in [0.1, 0.15) is 5.75 Å². The summed E-state index contributed by atoms with van der Waals surface area (Å²) in [6.45, 7) is 3.11. The van der Waals surface area contributed by atoms with Crippen molar-refractivity contribution in [3.63, 3.8) is 0 Å². The van der Waals surface area contributed by atoms with Crippen LogP contribution in [0.2, 0.25) is 0 Å². The van der Waals surface area contributed by atoms with Crippen LogP contribution in [-0.2, 0) is 11.3 Å². The van der Waals surface area contributed by atoms with Crippen molar-refractivity contribution in [1.82, 2.24) is 5.32 Å². The fourth-order valence-corrected chi connectivity index (χ4v) is 1.99. The Kier molecular flexibility index (Phi) is 8.42. The highest BCUT2D eigenvalue weighted by molar-refractivity contribution is 9.10. The lowest BCUT2D eigenvalue weighted by Gasteiger charge is -2.09. The summed E-state index contributed by atoms with van der Waals surface area (Å²) in [4.78, 5) is 0. The molecule has 102 valence electrons. The van der Waals surface area contributed by atoms with E-state index in [1.165, 1.54) is 5.56 Å². The van der Waals surface area contributed by atoms with Crippen molar-refractivity contribution >= 4 is 27.5 Å². The lowest BCUT2D eigenvalue weighted by atomic mass is 10.2. The molecule has 0 heterocycles. The van der Waals surface area contributed by atoms with Crippen molar-refractivity contribution < 1.29 is 9.47 Å². The van der Waals surface area contributed by atoms with Crippen molar-refractivity contribution in [2.75, 3.05) is 32.7 Å². The predicted molar refractivity (Wildman–Crippen MR) is 78.6 cm³/mol. The number of hydrogen-bond donors (Lipinski definition) is 1. The lowest BCUT2D eigenvalue weighted by molar-refractivity contribution is 0.146. The highest BCUT2D eigenvalue weighted by Gasteiger charge is 2.01. The zero-order chi connectivity index (χ0) is 13.2. The summed E-state index contributed by atoms with van der Waals surface area (Å²) >= 11 is 9.04. The third kappa shape index (κ3) is 6.05. The van der Waals surface area contributed by atoms with E-state index in [4.69, 9.17) is 21.1 Å². The zero-order valence-electron chi connectivity index (χ0n) is 10.5. The van der Waals surface area contributed by atoms with Crippen molar-refractivity contribution in [2.24, 2.45) is 0 Å². The number of rotatable bonds is 9. The molecule has 0 radical (unpaired) electrons. The van der Waals surface area contributed by atoms with Crippen LogP contribution in [0.4, 0.5) is 0 Å². The van der Waals surface area contributed by atoms with Gasteiger partial charge in [0, 0.05) is 23.5 Å². The molecule has 0 saturated heterocycles. The molecule has 0 unspecified atom stereocenters. The quantitative estimate of drug-likeness (QED) is 0.555. The molecule has 1 rings (SSSR count). The molecule has 0 atom stereocenters. The van der Waals surface area contributed by atoms with Crippen LogP contribution in [0.3, 0.4) is 0 Å². The van der Waals surface area contributed by atoms with Crippen LogP contribution in [0, 0.1) is 0 Å². The molecule has 3 nitrogen and oxygen atoms in total. The average molecular weight is 337 g/mol. The van der Waals surface area contributed by atoms with E-state index in [1.54, 1.807) is 7.11 Å². The Morgan fingerprint density at radius 3 is 2.89 bits per heavy atom. The van der Waals surface area contributed by atoms with Gasteiger partial charge in [0.15, 0.2) is 0 Å². The highest BCUT2D eigenvalue weighted by Crippen LogP contribution is 2.22. The molecule has 0 aromatic heterocycles. The van der Waals surface area contributed by atoms with Crippen LogP contribution >= 0.6 is 27.5 Å². The van der Waals surface area contributed by atoms with Crippen molar-refractivity contribution in [1.29, 1.82) is 0 Å². The van der Waals surface area contributed by atoms with Crippen molar-refractivity contribution in [3.05, 3.63) is 28.2 Å². The molecule has 0 aliphatic rings. The van der Waals surface area contributed by atoms with Crippen LogP contribution < -0.4 is 10.1 Å². The topological polar surface area (TPSA) is 30.5 Å². The Morgan fingerprint density at radius 1 is 1.33 bits per heavy atom. The number of halogens is 2. The molecular formula is C13H19BrClNO2. The summed E-state index contributed by atoms with van der Waals surface area (Å²) in [5.41, 5.74) is 1.19. The van der Waals surface area contributed by atoms with Gasteiger partial charge in [0.25, 0.3) is 0 Å². The third-order valence-electron chi connectivity index (χ3n) is 2.43. The average Bonchev–Trinajstić information content (AvgIpc) is 2.39. The van der Waals surface area contributed by atoms with E-state index in [2.05, 4.69) is 21.2 Å². The molecular weight excluding hydrogens is 318 g/mol. The largest absolute Gasteiger partial charge is 0.497 e. The van der Waals surface area contributed by atoms with E-state index in [9.17, 15) is 0 Å². The Labute approximate surface area is 122 Å². The number of methoxy groups -OCH3 is 1. The molecule has 0 bridgehead atoms. The van der Waals surface area contributed by atoms with E-state index >= 15 is 0 Å². The van der Waals surface area contributed by atoms with Crippen molar-refractivity contribution in [3.8, 4) is 5.75 Å². The second-order valence-electron chi connectivity index (χ2n) is 3.79. The number of ether oxygens (including phenoxy) is 2. The van der Waals surface area contributed by atoms with Gasteiger partial charge in [0.2, 0.25) is 0 Å². The standard InChI is InChI=1S/C13H19BrClNO2/c1-17-12-3-4-13(14)11(9-12)10-16-6-2-7-18-8-5-15/h3-4,9,16H,2,5-8,10H2,1H3. The van der Waals surface area contributed by atoms with Gasteiger partial charge in [-0.05, 0) is 36.7 Å². The Bertz CT molecular complexity index is 350. The summed E-state index contributed by atoms with van der Waals surface area (Å²) in [5, 5.41) is 3.37. The molecule has 0 aliphatic carbocycles. The molecule has 1 aromatic carbocycles. The number of hydrogen-bond acceptors (Lipinski definition) is 3. The van der Waals surface area contributed by atoms with E-state index in [-0.39, 0.29) is 0 Å². The van der Waals surface area contributed by atoms with Gasteiger partial charge in [-0.25, -0.2) is 0 Å². The number of alkyl halides is 1. The first-order valence-electron chi connectivity index (χ1n) is 5.94. The van der Waals surface area contributed by atoms with Crippen LogP contribution in [0.5, 0.6) is 5.75 Å². The van der Waals surface area contributed by atoms with E-state index in [0.717, 1.165) is 36.3 Å². The molecule has 1 N–H and O–H groups in total. The fraction of sp³-hybridized carbons (Fsp3) is 0.538. The monoisotopic (exact) mass is 335 g/mol. The van der Waals surface area contributed by atoms with E-state index in [1.807, 2.05) is 18.2 Å². The fourth-order valence-electron chi connectivity index (χ4n) is 1.49. The molecule has 1 aromatic rings. The maximum atomic E-state index is 5.51. The second-order valence-corrected chi connectivity index (χ2v) is 5.02. The minimum absolute atomic E-state index is 0.560. The second kappa shape index (κ2) is 9.62. The zero-order valence-corrected chi connectivity index (χ0v) is 12.9. The van der Waals surface area contributed by atoms with Gasteiger partial charge >= 0.3 is 0 Å². The minimum atomic E-state index is 0.560.